The summed E-state index contributed by atoms with van der Waals surface area (Å²) in [5.74, 6) is -0.501. The molecule has 5 rings (SSSR count). The second kappa shape index (κ2) is 13.8. The highest BCUT2D eigenvalue weighted by Crippen LogP contribution is 2.38. The summed E-state index contributed by atoms with van der Waals surface area (Å²) < 4.78 is 29.1. The number of nitrogens with one attached hydrogen (secondary N) is 2. The number of carbonyl (C=O) groups excluding carboxylic acids is 2. The first kappa shape index (κ1) is 34.6. The lowest BCUT2D eigenvalue weighted by molar-refractivity contribution is -0.0357. The summed E-state index contributed by atoms with van der Waals surface area (Å²) in [5, 5.41) is 4.07. The van der Waals surface area contributed by atoms with Gasteiger partial charge in [0.1, 0.15) is 22.0 Å². The summed E-state index contributed by atoms with van der Waals surface area (Å²) in [6.45, 7) is 14.6. The summed E-state index contributed by atoms with van der Waals surface area (Å²) in [5.41, 5.74) is 0.526. The van der Waals surface area contributed by atoms with E-state index < -0.39 is 23.1 Å². The van der Waals surface area contributed by atoms with E-state index in [1.54, 1.807) is 18.3 Å². The van der Waals surface area contributed by atoms with Crippen molar-refractivity contribution in [3.8, 4) is 0 Å². The minimum absolute atomic E-state index is 0.112. The number of hydrogen-bond donors (Lipinski definition) is 2. The zero-order valence-electron chi connectivity index (χ0n) is 28.2. The molecule has 10 nitrogen and oxygen atoms in total. The molecule has 2 atom stereocenters. The lowest BCUT2D eigenvalue weighted by Gasteiger charge is -2.33. The fraction of sp³-hybridized carbons (Fsp3) is 0.514. The highest BCUT2D eigenvalue weighted by molar-refractivity contribution is 7.97. The van der Waals surface area contributed by atoms with Crippen molar-refractivity contribution in [1.29, 1.82) is 0 Å². The fourth-order valence-electron chi connectivity index (χ4n) is 6.27. The first-order chi connectivity index (χ1) is 22.1. The van der Waals surface area contributed by atoms with Crippen LogP contribution >= 0.6 is 11.9 Å². The Labute approximate surface area is 280 Å². The maximum atomic E-state index is 14.9. The van der Waals surface area contributed by atoms with Crippen molar-refractivity contribution in [2.75, 3.05) is 18.5 Å². The fourth-order valence-corrected chi connectivity index (χ4v) is 6.87. The predicted molar refractivity (Wildman–Crippen MR) is 179 cm³/mol. The van der Waals surface area contributed by atoms with Gasteiger partial charge in [0.15, 0.2) is 0 Å². The average molecular weight is 665 g/mol. The molecule has 0 bridgehead atoms. The zero-order valence-corrected chi connectivity index (χ0v) is 29.0. The van der Waals surface area contributed by atoms with Crippen LogP contribution in [0.5, 0.6) is 0 Å². The number of ether oxygens (including phenoxy) is 2. The van der Waals surface area contributed by atoms with E-state index in [1.165, 1.54) is 0 Å². The standard InChI is InChI=1S/C35H45FN6O4S/c1-33(2,3)46-32(44)42-21-22(20-34(42,4)5)14-15-26(25-11-8-9-17-37-25)38-27-12-10-13-28(39-27)47-41-31(43)24-19-23-16-18-45-35(6,7)29(23)40-30(24)36/h8-13,17,19,22,26H,14-16,18,20-21H2,1-7H3,(H,38,39)(H,41,43). The average Bonchev–Trinajstić information content (AvgIpc) is 3.32. The van der Waals surface area contributed by atoms with Gasteiger partial charge in [-0.2, -0.15) is 4.39 Å². The third kappa shape index (κ3) is 8.58. The Morgan fingerprint density at radius 2 is 1.94 bits per heavy atom. The zero-order chi connectivity index (χ0) is 34.0. The van der Waals surface area contributed by atoms with Crippen LogP contribution in [0.4, 0.5) is 15.0 Å². The molecule has 5 heterocycles. The van der Waals surface area contributed by atoms with Crippen LogP contribution in [0.15, 0.2) is 53.7 Å². The molecular weight excluding hydrogens is 619 g/mol. The van der Waals surface area contributed by atoms with E-state index >= 15 is 0 Å². The summed E-state index contributed by atoms with van der Waals surface area (Å²) >= 11 is 1.01. The molecule has 0 aliphatic carbocycles. The van der Waals surface area contributed by atoms with Gasteiger partial charge in [-0.1, -0.05) is 12.1 Å². The van der Waals surface area contributed by atoms with E-state index in [-0.39, 0.29) is 23.2 Å². The normalized spacial score (nSPS) is 19.1. The molecular formula is C35H45FN6O4S. The number of fused-ring (bicyclic) bond motifs is 1. The Kier molecular flexibility index (Phi) is 10.1. The van der Waals surface area contributed by atoms with Crippen LogP contribution < -0.4 is 10.0 Å². The number of rotatable bonds is 9. The number of amides is 2. The first-order valence-electron chi connectivity index (χ1n) is 16.1. The molecule has 1 saturated heterocycles. The molecule has 2 N–H and O–H groups in total. The van der Waals surface area contributed by atoms with Crippen molar-refractivity contribution in [2.24, 2.45) is 5.92 Å². The molecule has 3 aromatic rings. The van der Waals surface area contributed by atoms with Gasteiger partial charge in [-0.05, 0) is 116 Å². The van der Waals surface area contributed by atoms with Gasteiger partial charge in [0.05, 0.1) is 29.6 Å². The minimum Gasteiger partial charge on any atom is -0.444 e. The largest absolute Gasteiger partial charge is 0.444 e. The maximum Gasteiger partial charge on any atom is 0.410 e. The molecule has 2 aliphatic heterocycles. The Morgan fingerprint density at radius 3 is 2.66 bits per heavy atom. The maximum absolute atomic E-state index is 14.9. The predicted octanol–water partition coefficient (Wildman–Crippen LogP) is 7.22. The second-order valence-electron chi connectivity index (χ2n) is 14.3. The summed E-state index contributed by atoms with van der Waals surface area (Å²) in [6.07, 6.45) is 4.56. The summed E-state index contributed by atoms with van der Waals surface area (Å²) in [4.78, 5) is 41.2. The van der Waals surface area contributed by atoms with Gasteiger partial charge in [0.2, 0.25) is 5.95 Å². The number of hydrogen-bond acceptors (Lipinski definition) is 9. The molecule has 3 aromatic heterocycles. The van der Waals surface area contributed by atoms with E-state index in [0.29, 0.717) is 42.0 Å². The Morgan fingerprint density at radius 1 is 1.15 bits per heavy atom. The summed E-state index contributed by atoms with van der Waals surface area (Å²) in [6, 6.07) is 12.7. The van der Waals surface area contributed by atoms with E-state index in [2.05, 4.69) is 33.9 Å². The molecule has 252 valence electrons. The van der Waals surface area contributed by atoms with Crippen molar-refractivity contribution < 1.29 is 23.5 Å². The molecule has 47 heavy (non-hydrogen) atoms. The number of halogens is 1. The topological polar surface area (TPSA) is 119 Å². The Bertz CT molecular complexity index is 1600. The van der Waals surface area contributed by atoms with Crippen molar-refractivity contribution in [3.05, 3.63) is 77.1 Å². The third-order valence-electron chi connectivity index (χ3n) is 8.48. The van der Waals surface area contributed by atoms with Gasteiger partial charge in [-0.15, -0.1) is 0 Å². The number of likely N-dealkylation sites (tertiary alicyclic amines) is 1. The lowest BCUT2D eigenvalue weighted by Crippen LogP contribution is -2.45. The van der Waals surface area contributed by atoms with E-state index in [0.717, 1.165) is 42.5 Å². The quantitative estimate of drug-likeness (QED) is 0.180. The van der Waals surface area contributed by atoms with Gasteiger partial charge >= 0.3 is 6.09 Å². The van der Waals surface area contributed by atoms with Crippen LogP contribution in [0.3, 0.4) is 0 Å². The highest BCUT2D eigenvalue weighted by Gasteiger charge is 2.43. The van der Waals surface area contributed by atoms with Crippen LogP contribution in [0.1, 0.15) is 101 Å². The van der Waals surface area contributed by atoms with E-state index in [4.69, 9.17) is 14.5 Å². The molecule has 0 aromatic carbocycles. The molecule has 2 amide bonds. The highest BCUT2D eigenvalue weighted by atomic mass is 32.2. The smallest absolute Gasteiger partial charge is 0.410 e. The van der Waals surface area contributed by atoms with Crippen molar-refractivity contribution in [1.82, 2.24) is 24.6 Å². The number of carbonyl (C=O) groups is 2. The van der Waals surface area contributed by atoms with Crippen LogP contribution in [0.2, 0.25) is 0 Å². The Hall–Kier alpha value is -3.77. The van der Waals surface area contributed by atoms with Crippen molar-refractivity contribution >= 4 is 29.8 Å². The van der Waals surface area contributed by atoms with Gasteiger partial charge in [-0.3, -0.25) is 14.5 Å². The number of aromatic nitrogens is 3. The van der Waals surface area contributed by atoms with Crippen LogP contribution in [0, 0.1) is 11.9 Å². The number of anilines is 1. The van der Waals surface area contributed by atoms with Gasteiger partial charge < -0.3 is 19.7 Å². The van der Waals surface area contributed by atoms with Crippen LogP contribution in [-0.4, -0.2) is 56.1 Å². The van der Waals surface area contributed by atoms with Crippen molar-refractivity contribution in [2.45, 2.75) is 102 Å². The number of pyridine rings is 3. The molecule has 2 unspecified atom stereocenters. The lowest BCUT2D eigenvalue weighted by atomic mass is 9.91. The summed E-state index contributed by atoms with van der Waals surface area (Å²) in [7, 11) is 0. The minimum atomic E-state index is -0.832. The van der Waals surface area contributed by atoms with Crippen LogP contribution in [-0.2, 0) is 21.5 Å². The van der Waals surface area contributed by atoms with Gasteiger partial charge in [0, 0.05) is 30.2 Å². The monoisotopic (exact) mass is 664 g/mol. The molecule has 1 fully saturated rings. The molecule has 0 spiro atoms. The molecule has 12 heteroatoms. The second-order valence-corrected chi connectivity index (χ2v) is 15.2. The van der Waals surface area contributed by atoms with E-state index in [9.17, 15) is 14.0 Å². The molecule has 2 aliphatic rings. The first-order valence-corrected chi connectivity index (χ1v) is 16.9. The SMILES string of the molecule is CC(C)(C)OC(=O)N1CC(CCC(Nc2cccc(SNC(=O)c3cc4c(nc3F)C(C)(C)OCC4)n2)c2ccccn2)CC1(C)C. The molecule has 0 saturated carbocycles. The number of nitrogens with zero attached hydrogens (tertiary/aromatic N) is 4. The van der Waals surface area contributed by atoms with Crippen molar-refractivity contribution in [3.63, 3.8) is 0 Å². The molecule has 0 radical (unpaired) electrons. The third-order valence-corrected chi connectivity index (χ3v) is 9.20. The Balaban J connectivity index is 1.23. The van der Waals surface area contributed by atoms with Gasteiger partial charge in [-0.25, -0.2) is 14.8 Å². The van der Waals surface area contributed by atoms with Gasteiger partial charge in [0.25, 0.3) is 5.91 Å². The van der Waals surface area contributed by atoms with Crippen LogP contribution in [0.25, 0.3) is 0 Å². The van der Waals surface area contributed by atoms with E-state index in [1.807, 2.05) is 69.9 Å².